The van der Waals surface area contributed by atoms with Crippen molar-refractivity contribution in [3.8, 4) is 0 Å². The third-order valence-corrected chi connectivity index (χ3v) is 6.43. The Bertz CT molecular complexity index is 833. The largest absolute Gasteiger partial charge is 0.0656 e. The molecule has 0 saturated heterocycles. The zero-order valence-electron chi connectivity index (χ0n) is 25.7. The quantitative estimate of drug-likeness (QED) is 0.273. The zero-order chi connectivity index (χ0) is 27.9. The van der Waals surface area contributed by atoms with Crippen LogP contribution in [0.5, 0.6) is 0 Å². The molecule has 0 N–H and O–H groups in total. The first-order chi connectivity index (χ1) is 17.9. The van der Waals surface area contributed by atoms with E-state index in [0.717, 1.165) is 5.92 Å². The van der Waals surface area contributed by atoms with Crippen molar-refractivity contribution >= 4 is 0 Å². The van der Waals surface area contributed by atoms with Crippen LogP contribution in [0.2, 0.25) is 0 Å². The molecule has 37 heavy (non-hydrogen) atoms. The topological polar surface area (TPSA) is 0 Å². The molecule has 0 spiro atoms. The van der Waals surface area contributed by atoms with Crippen LogP contribution in [0, 0.1) is 5.92 Å². The molecule has 0 heterocycles. The summed E-state index contributed by atoms with van der Waals surface area (Å²) in [5.74, 6) is 2.64. The summed E-state index contributed by atoms with van der Waals surface area (Å²) < 4.78 is 0. The van der Waals surface area contributed by atoms with Crippen LogP contribution >= 0.6 is 0 Å². The number of hydrogen-bond acceptors (Lipinski definition) is 0. The van der Waals surface area contributed by atoms with Gasteiger partial charge in [0, 0.05) is 0 Å². The van der Waals surface area contributed by atoms with E-state index in [4.69, 9.17) is 0 Å². The monoisotopic (exact) mass is 502 g/mol. The molecule has 0 aliphatic carbocycles. The molecule has 0 aromatic heterocycles. The molecule has 0 saturated carbocycles. The summed E-state index contributed by atoms with van der Waals surface area (Å²) in [5, 5.41) is 0. The van der Waals surface area contributed by atoms with Gasteiger partial charge in [-0.3, -0.25) is 0 Å². The van der Waals surface area contributed by atoms with Gasteiger partial charge in [-0.1, -0.05) is 173 Å². The molecule has 3 rings (SSSR count). The molecule has 0 nitrogen and oxygen atoms in total. The fraction of sp³-hybridized carbons (Fsp3) is 0.514. The highest BCUT2D eigenvalue weighted by molar-refractivity contribution is 5.26. The van der Waals surface area contributed by atoms with E-state index in [1.165, 1.54) is 55.2 Å². The van der Waals surface area contributed by atoms with E-state index in [9.17, 15) is 0 Å². The van der Waals surface area contributed by atoms with E-state index >= 15 is 0 Å². The lowest BCUT2D eigenvalue weighted by Gasteiger charge is -2.26. The highest BCUT2D eigenvalue weighted by Gasteiger charge is 2.21. The Morgan fingerprint density at radius 1 is 0.432 bits per heavy atom. The van der Waals surface area contributed by atoms with Gasteiger partial charge in [0.15, 0.2) is 0 Å². The highest BCUT2D eigenvalue weighted by Crippen LogP contribution is 2.38. The molecule has 0 fully saturated rings. The van der Waals surface area contributed by atoms with Crippen molar-refractivity contribution < 1.29 is 0 Å². The molecule has 0 radical (unpaired) electrons. The van der Waals surface area contributed by atoms with Crippen LogP contribution in [0.15, 0.2) is 91.0 Å². The third kappa shape index (κ3) is 16.2. The van der Waals surface area contributed by atoms with E-state index in [1.807, 2.05) is 0 Å². The minimum Gasteiger partial charge on any atom is -0.0656 e. The van der Waals surface area contributed by atoms with Crippen molar-refractivity contribution in [2.24, 2.45) is 5.92 Å². The van der Waals surface area contributed by atoms with Gasteiger partial charge in [-0.15, -0.1) is 0 Å². The van der Waals surface area contributed by atoms with Gasteiger partial charge < -0.3 is 0 Å². The van der Waals surface area contributed by atoms with Gasteiger partial charge in [0.2, 0.25) is 0 Å². The maximum atomic E-state index is 2.37. The summed E-state index contributed by atoms with van der Waals surface area (Å²) in [5.41, 5.74) is 4.40. The van der Waals surface area contributed by atoms with Gasteiger partial charge in [0.1, 0.15) is 0 Å². The fourth-order valence-corrected chi connectivity index (χ4v) is 4.05. The lowest BCUT2D eigenvalue weighted by atomic mass is 9.78. The number of rotatable bonds is 9. The van der Waals surface area contributed by atoms with Gasteiger partial charge in [-0.05, 0) is 59.6 Å². The molecule has 3 aromatic rings. The lowest BCUT2D eigenvalue weighted by molar-refractivity contribution is 0.467. The predicted molar refractivity (Wildman–Crippen MR) is 170 cm³/mol. The van der Waals surface area contributed by atoms with Crippen LogP contribution in [0.25, 0.3) is 0 Å². The second-order valence-electron chi connectivity index (χ2n) is 10.6. The van der Waals surface area contributed by atoms with Crippen molar-refractivity contribution in [2.45, 2.75) is 119 Å². The summed E-state index contributed by atoms with van der Waals surface area (Å²) in [4.78, 5) is 0. The molecular weight excluding hydrogens is 444 g/mol. The minimum absolute atomic E-state index is 0.565. The second-order valence-corrected chi connectivity index (χ2v) is 10.6. The average molecular weight is 503 g/mol. The first kappa shape index (κ1) is 34.7. The van der Waals surface area contributed by atoms with Crippen LogP contribution in [0.1, 0.15) is 135 Å². The predicted octanol–water partition coefficient (Wildman–Crippen LogP) is 12.4. The summed E-state index contributed by atoms with van der Waals surface area (Å²) in [7, 11) is 0. The number of hydrogen-bond donors (Lipinski definition) is 0. The molecule has 0 amide bonds. The van der Waals surface area contributed by atoms with Crippen LogP contribution in [-0.4, -0.2) is 0 Å². The Hall–Kier alpha value is -2.34. The van der Waals surface area contributed by atoms with Crippen LogP contribution in [0.3, 0.4) is 0 Å². The van der Waals surface area contributed by atoms with E-state index < -0.39 is 0 Å². The van der Waals surface area contributed by atoms with Crippen LogP contribution in [-0.2, 0) is 0 Å². The van der Waals surface area contributed by atoms with Gasteiger partial charge in [0.05, 0.1) is 0 Å². The SMILES string of the molecule is CCC.CCC.CCC(C)C.CCC(CC(CC(C)c1ccccc1)c1ccccc1)c1ccccc1. The molecule has 3 atom stereocenters. The Morgan fingerprint density at radius 3 is 1.08 bits per heavy atom. The van der Waals surface area contributed by atoms with E-state index in [2.05, 4.69) is 153 Å². The lowest BCUT2D eigenvalue weighted by Crippen LogP contribution is -2.10. The maximum Gasteiger partial charge on any atom is -0.0150 e. The maximum absolute atomic E-state index is 2.37. The number of benzene rings is 3. The van der Waals surface area contributed by atoms with E-state index in [-0.39, 0.29) is 0 Å². The van der Waals surface area contributed by atoms with E-state index in [0.29, 0.717) is 17.8 Å². The van der Waals surface area contributed by atoms with Crippen molar-refractivity contribution in [3.63, 3.8) is 0 Å². The molecule has 3 aromatic carbocycles. The normalized spacial score (nSPS) is 12.5. The van der Waals surface area contributed by atoms with Crippen molar-refractivity contribution in [1.82, 2.24) is 0 Å². The van der Waals surface area contributed by atoms with Gasteiger partial charge in [-0.25, -0.2) is 0 Å². The first-order valence-electron chi connectivity index (χ1n) is 15.0. The Labute approximate surface area is 231 Å². The third-order valence-electron chi connectivity index (χ3n) is 6.43. The zero-order valence-corrected chi connectivity index (χ0v) is 25.7. The highest BCUT2D eigenvalue weighted by atomic mass is 14.3. The molecule has 0 bridgehead atoms. The molecule has 0 heteroatoms. The summed E-state index contributed by atoms with van der Waals surface area (Å²) >= 11 is 0. The molecule has 0 aliphatic heterocycles. The Morgan fingerprint density at radius 2 is 0.757 bits per heavy atom. The molecule has 3 unspecified atom stereocenters. The van der Waals surface area contributed by atoms with Gasteiger partial charge >= 0.3 is 0 Å². The standard InChI is InChI=1S/C26H30.C5H12.2C3H8/c1-3-22(24-15-9-5-10-16-24)20-26(25-17-11-6-12-18-25)19-21(2)23-13-7-4-8-14-23;1-4-5(2)3;2*1-3-2/h4-18,21-22,26H,3,19-20H2,1-2H3;5H,4H2,1-3H3;2*3H2,1-2H3. The summed E-state index contributed by atoms with van der Waals surface area (Å²) in [6.45, 7) is 19.8. The molecular formula is C37H58. The van der Waals surface area contributed by atoms with Gasteiger partial charge in [0.25, 0.3) is 0 Å². The average Bonchev–Trinajstić information content (AvgIpc) is 2.93. The minimum atomic E-state index is 0.565. The Kier molecular flexibility index (Phi) is 21.4. The fourth-order valence-electron chi connectivity index (χ4n) is 4.05. The smallest absolute Gasteiger partial charge is 0.0150 e. The van der Waals surface area contributed by atoms with Crippen molar-refractivity contribution in [1.29, 1.82) is 0 Å². The van der Waals surface area contributed by atoms with Crippen molar-refractivity contribution in [2.75, 3.05) is 0 Å². The van der Waals surface area contributed by atoms with Crippen LogP contribution in [0.4, 0.5) is 0 Å². The summed E-state index contributed by atoms with van der Waals surface area (Å²) in [6.07, 6.45) is 7.39. The Balaban J connectivity index is 0.00000100. The molecule has 206 valence electrons. The summed E-state index contributed by atoms with van der Waals surface area (Å²) in [6, 6.07) is 33.1. The van der Waals surface area contributed by atoms with Crippen molar-refractivity contribution in [3.05, 3.63) is 108 Å². The first-order valence-corrected chi connectivity index (χ1v) is 15.0. The van der Waals surface area contributed by atoms with Gasteiger partial charge in [-0.2, -0.15) is 0 Å². The van der Waals surface area contributed by atoms with E-state index in [1.54, 1.807) is 0 Å². The second kappa shape index (κ2) is 22.8. The molecule has 0 aliphatic rings. The van der Waals surface area contributed by atoms with Crippen LogP contribution < -0.4 is 0 Å².